The van der Waals surface area contributed by atoms with Crippen molar-refractivity contribution in [1.82, 2.24) is 0 Å². The van der Waals surface area contributed by atoms with E-state index in [9.17, 15) is 30.0 Å². The summed E-state index contributed by atoms with van der Waals surface area (Å²) in [6, 6.07) is 0. The van der Waals surface area contributed by atoms with Crippen molar-refractivity contribution in [1.29, 1.82) is 0 Å². The quantitative estimate of drug-likeness (QED) is 0.208. The Balaban J connectivity index is 2.04. The maximum absolute atomic E-state index is 11.7. The molecule has 9 heteroatoms. The van der Waals surface area contributed by atoms with E-state index in [-0.39, 0.29) is 19.0 Å². The van der Waals surface area contributed by atoms with Crippen LogP contribution < -0.4 is 0 Å². The number of ether oxygens (including phenoxy) is 3. The second-order valence-electron chi connectivity index (χ2n) is 6.50. The number of carbonyl (C=O) groups is 2. The van der Waals surface area contributed by atoms with Gasteiger partial charge in [0.1, 0.15) is 31.0 Å². The first-order valence-electron chi connectivity index (χ1n) is 9.20. The molecule has 0 spiro atoms. The van der Waals surface area contributed by atoms with Gasteiger partial charge in [0.25, 0.3) is 0 Å². The molecule has 0 bridgehead atoms. The number of aliphatic hydroxyl groups excluding tert-OH is 4. The van der Waals surface area contributed by atoms with E-state index in [1.165, 1.54) is 0 Å². The Labute approximate surface area is 158 Å². The lowest BCUT2D eigenvalue weighted by Crippen LogP contribution is -2.58. The van der Waals surface area contributed by atoms with E-state index in [4.69, 9.17) is 9.47 Å². The van der Waals surface area contributed by atoms with Crippen LogP contribution >= 0.6 is 0 Å². The monoisotopic (exact) mass is 390 g/mol. The highest BCUT2D eigenvalue weighted by atomic mass is 16.6. The van der Waals surface area contributed by atoms with Gasteiger partial charge in [-0.2, -0.15) is 0 Å². The SMILES string of the molecule is C=COC(=O)CCCCCCCCC(=O)OC[C@H]1O[C@H](O)[C@H](O)[C@@H](O)[C@@H]1O. The van der Waals surface area contributed by atoms with Crippen molar-refractivity contribution < 1.29 is 44.2 Å². The zero-order valence-electron chi connectivity index (χ0n) is 15.4. The molecule has 0 amide bonds. The summed E-state index contributed by atoms with van der Waals surface area (Å²) in [5, 5.41) is 38.1. The molecule has 0 aromatic heterocycles. The smallest absolute Gasteiger partial charge is 0.310 e. The Morgan fingerprint density at radius 2 is 1.41 bits per heavy atom. The predicted octanol–water partition coefficient (Wildman–Crippen LogP) is 0.137. The molecule has 0 unspecified atom stereocenters. The largest absolute Gasteiger partial charge is 0.463 e. The summed E-state index contributed by atoms with van der Waals surface area (Å²) in [6.45, 7) is 3.00. The number of hydrogen-bond donors (Lipinski definition) is 4. The average Bonchev–Trinajstić information content (AvgIpc) is 2.64. The van der Waals surface area contributed by atoms with Gasteiger partial charge >= 0.3 is 11.9 Å². The van der Waals surface area contributed by atoms with Gasteiger partial charge in [0, 0.05) is 12.8 Å². The first-order chi connectivity index (χ1) is 12.9. The van der Waals surface area contributed by atoms with Crippen molar-refractivity contribution in [2.75, 3.05) is 6.61 Å². The van der Waals surface area contributed by atoms with Crippen LogP contribution in [0.3, 0.4) is 0 Å². The number of carbonyl (C=O) groups excluding carboxylic acids is 2. The third-order valence-electron chi connectivity index (χ3n) is 4.32. The minimum atomic E-state index is -1.65. The third-order valence-corrected chi connectivity index (χ3v) is 4.32. The maximum Gasteiger partial charge on any atom is 0.310 e. The van der Waals surface area contributed by atoms with Crippen molar-refractivity contribution >= 4 is 11.9 Å². The zero-order valence-corrected chi connectivity index (χ0v) is 15.4. The van der Waals surface area contributed by atoms with Crippen LogP contribution in [0.15, 0.2) is 12.8 Å². The van der Waals surface area contributed by atoms with Gasteiger partial charge in [0.15, 0.2) is 6.29 Å². The fourth-order valence-electron chi connectivity index (χ4n) is 2.71. The predicted molar refractivity (Wildman–Crippen MR) is 93.1 cm³/mol. The Kier molecular flexibility index (Phi) is 11.1. The summed E-state index contributed by atoms with van der Waals surface area (Å²) in [6.07, 6.45) is -0.646. The summed E-state index contributed by atoms with van der Waals surface area (Å²) in [5.41, 5.74) is 0. The van der Waals surface area contributed by atoms with Crippen LogP contribution in [0.5, 0.6) is 0 Å². The van der Waals surface area contributed by atoms with Crippen molar-refractivity contribution in [3.63, 3.8) is 0 Å². The molecule has 27 heavy (non-hydrogen) atoms. The normalized spacial score (nSPS) is 27.8. The molecule has 0 aromatic carbocycles. The van der Waals surface area contributed by atoms with Gasteiger partial charge in [-0.05, 0) is 12.8 Å². The number of aliphatic hydroxyl groups is 4. The van der Waals surface area contributed by atoms with Gasteiger partial charge < -0.3 is 34.6 Å². The number of esters is 2. The minimum Gasteiger partial charge on any atom is -0.463 e. The molecule has 1 aliphatic heterocycles. The molecule has 1 aliphatic rings. The minimum absolute atomic E-state index is 0.211. The van der Waals surface area contributed by atoms with Crippen molar-refractivity contribution in [2.45, 2.75) is 82.1 Å². The fraction of sp³-hybridized carbons (Fsp3) is 0.778. The molecule has 5 atom stereocenters. The van der Waals surface area contributed by atoms with E-state index < -0.39 is 36.7 Å². The third kappa shape index (κ3) is 8.81. The lowest BCUT2D eigenvalue weighted by Gasteiger charge is -2.37. The summed E-state index contributed by atoms with van der Waals surface area (Å²) in [5.74, 6) is -0.748. The molecule has 0 aliphatic carbocycles. The van der Waals surface area contributed by atoms with Gasteiger partial charge in [-0.25, -0.2) is 0 Å². The van der Waals surface area contributed by atoms with E-state index in [0.29, 0.717) is 12.8 Å². The van der Waals surface area contributed by atoms with Gasteiger partial charge in [-0.1, -0.05) is 32.3 Å². The van der Waals surface area contributed by atoms with Crippen molar-refractivity contribution in [2.24, 2.45) is 0 Å². The van der Waals surface area contributed by atoms with Crippen LogP contribution in [0, 0.1) is 0 Å². The summed E-state index contributed by atoms with van der Waals surface area (Å²) in [4.78, 5) is 22.8. The van der Waals surface area contributed by atoms with Crippen LogP contribution in [0.2, 0.25) is 0 Å². The number of hydrogen-bond acceptors (Lipinski definition) is 9. The molecule has 156 valence electrons. The fourth-order valence-corrected chi connectivity index (χ4v) is 2.71. The van der Waals surface area contributed by atoms with Crippen molar-refractivity contribution in [3.05, 3.63) is 12.8 Å². The summed E-state index contributed by atoms with van der Waals surface area (Å²) in [7, 11) is 0. The second kappa shape index (κ2) is 12.8. The van der Waals surface area contributed by atoms with Crippen LogP contribution in [0.4, 0.5) is 0 Å². The van der Waals surface area contributed by atoms with Crippen LogP contribution in [-0.2, 0) is 23.8 Å². The van der Waals surface area contributed by atoms with E-state index in [0.717, 1.165) is 38.4 Å². The Bertz CT molecular complexity index is 468. The van der Waals surface area contributed by atoms with Gasteiger partial charge in [0.05, 0.1) is 6.26 Å². The Morgan fingerprint density at radius 1 is 0.852 bits per heavy atom. The molecule has 0 radical (unpaired) electrons. The van der Waals surface area contributed by atoms with Gasteiger partial charge in [-0.3, -0.25) is 9.59 Å². The number of rotatable bonds is 12. The lowest BCUT2D eigenvalue weighted by molar-refractivity contribution is -0.287. The molecule has 1 heterocycles. The standard InChI is InChI=1S/C18H30O9/c1-2-25-13(19)9-7-5-3-4-6-8-10-14(20)26-11-12-15(21)16(22)17(23)18(24)27-12/h2,12,15-18,21-24H,1,3-11H2/t12-,15-,16+,17-,18+/m1/s1. The van der Waals surface area contributed by atoms with Gasteiger partial charge in [-0.15, -0.1) is 0 Å². The van der Waals surface area contributed by atoms with E-state index in [1.807, 2.05) is 0 Å². The molecule has 4 N–H and O–H groups in total. The highest BCUT2D eigenvalue weighted by Crippen LogP contribution is 2.20. The highest BCUT2D eigenvalue weighted by Gasteiger charge is 2.43. The summed E-state index contributed by atoms with van der Waals surface area (Å²) < 4.78 is 14.5. The Hall–Kier alpha value is -1.52. The highest BCUT2D eigenvalue weighted by molar-refractivity contribution is 5.69. The average molecular weight is 390 g/mol. The first kappa shape index (κ1) is 23.5. The molecule has 9 nitrogen and oxygen atoms in total. The maximum atomic E-state index is 11.7. The first-order valence-corrected chi connectivity index (χ1v) is 9.20. The zero-order chi connectivity index (χ0) is 20.2. The summed E-state index contributed by atoms with van der Waals surface area (Å²) >= 11 is 0. The molecule has 1 fully saturated rings. The molecular formula is C18H30O9. The van der Waals surface area contributed by atoms with Crippen LogP contribution in [-0.4, -0.2) is 69.7 Å². The molecule has 0 saturated carbocycles. The molecule has 1 saturated heterocycles. The molecule has 1 rings (SSSR count). The van der Waals surface area contributed by atoms with Crippen LogP contribution in [0.1, 0.15) is 51.4 Å². The van der Waals surface area contributed by atoms with E-state index in [2.05, 4.69) is 11.3 Å². The molecular weight excluding hydrogens is 360 g/mol. The molecule has 0 aromatic rings. The van der Waals surface area contributed by atoms with E-state index in [1.54, 1.807) is 0 Å². The van der Waals surface area contributed by atoms with Crippen LogP contribution in [0.25, 0.3) is 0 Å². The van der Waals surface area contributed by atoms with Crippen molar-refractivity contribution in [3.8, 4) is 0 Å². The second-order valence-corrected chi connectivity index (χ2v) is 6.50. The number of unbranched alkanes of at least 4 members (excludes halogenated alkanes) is 5. The topological polar surface area (TPSA) is 143 Å². The van der Waals surface area contributed by atoms with Gasteiger partial charge in [0.2, 0.25) is 0 Å². The lowest BCUT2D eigenvalue weighted by atomic mass is 9.99. The van der Waals surface area contributed by atoms with E-state index >= 15 is 0 Å². The Morgan fingerprint density at radius 3 is 2.00 bits per heavy atom.